The smallest absolute Gasteiger partial charge is 0.343 e. The second kappa shape index (κ2) is 9.49. The third-order valence-corrected chi connectivity index (χ3v) is 5.02. The van der Waals surface area contributed by atoms with Crippen molar-refractivity contribution in [1.29, 1.82) is 0 Å². The number of nitrogens with one attached hydrogen (secondary N) is 1. The Labute approximate surface area is 169 Å². The molecule has 0 unspecified atom stereocenters. The molecule has 0 saturated heterocycles. The molecule has 0 fully saturated rings. The molecule has 1 N–H and O–H groups in total. The molecule has 3 rings (SSSR count). The van der Waals surface area contributed by atoms with E-state index in [1.54, 1.807) is 23.6 Å². The number of allylic oxidation sites excluding steroid dienone is 1. The van der Waals surface area contributed by atoms with Crippen LogP contribution in [0.4, 0.5) is 0 Å². The van der Waals surface area contributed by atoms with Crippen molar-refractivity contribution in [3.8, 4) is 0 Å². The summed E-state index contributed by atoms with van der Waals surface area (Å²) in [6.45, 7) is 4.19. The Hall–Kier alpha value is -2.96. The van der Waals surface area contributed by atoms with Crippen LogP contribution < -0.4 is 10.7 Å². The summed E-state index contributed by atoms with van der Waals surface area (Å²) in [4.78, 5) is 41.8. The molecule has 1 amide bonds. The minimum absolute atomic E-state index is 0.0291. The molecule has 0 spiro atoms. The number of amides is 1. The molecule has 0 radical (unpaired) electrons. The first-order chi connectivity index (χ1) is 14.0. The Morgan fingerprint density at radius 3 is 2.83 bits per heavy atom. The molecular weight excluding hydrogens is 370 g/mol. The quantitative estimate of drug-likeness (QED) is 0.573. The lowest BCUT2D eigenvalue weighted by molar-refractivity contribution is -0.121. The highest BCUT2D eigenvalue weighted by Crippen LogP contribution is 2.19. The van der Waals surface area contributed by atoms with Crippen LogP contribution in [0.2, 0.25) is 0 Å². The summed E-state index contributed by atoms with van der Waals surface area (Å²) in [5.41, 5.74) is 1.97. The van der Waals surface area contributed by atoms with E-state index in [2.05, 4.69) is 16.4 Å². The van der Waals surface area contributed by atoms with Crippen LogP contribution in [0.1, 0.15) is 55.1 Å². The van der Waals surface area contributed by atoms with E-state index in [1.807, 2.05) is 6.92 Å². The maximum absolute atomic E-state index is 12.7. The van der Waals surface area contributed by atoms with Gasteiger partial charge in [-0.1, -0.05) is 11.6 Å². The van der Waals surface area contributed by atoms with Gasteiger partial charge < -0.3 is 14.6 Å². The van der Waals surface area contributed by atoms with Gasteiger partial charge >= 0.3 is 5.97 Å². The van der Waals surface area contributed by atoms with Crippen molar-refractivity contribution in [2.45, 2.75) is 52.5 Å². The molecule has 7 nitrogen and oxygen atoms in total. The molecule has 0 aromatic carbocycles. The first-order valence-electron chi connectivity index (χ1n) is 10.1. The molecule has 29 heavy (non-hydrogen) atoms. The lowest BCUT2D eigenvalue weighted by Crippen LogP contribution is -2.30. The summed E-state index contributed by atoms with van der Waals surface area (Å²) in [6, 6.07) is 3.34. The summed E-state index contributed by atoms with van der Waals surface area (Å²) in [5.74, 6) is -0.886. The molecular formula is C22H27N3O4. The van der Waals surface area contributed by atoms with E-state index in [-0.39, 0.29) is 24.6 Å². The van der Waals surface area contributed by atoms with Gasteiger partial charge in [-0.25, -0.2) is 9.78 Å². The van der Waals surface area contributed by atoms with Crippen LogP contribution in [0.25, 0.3) is 11.0 Å². The number of pyridine rings is 2. The minimum atomic E-state index is -0.696. The van der Waals surface area contributed by atoms with Crippen LogP contribution in [0, 0.1) is 6.92 Å². The number of esters is 1. The Kier molecular flexibility index (Phi) is 6.80. The van der Waals surface area contributed by atoms with Gasteiger partial charge in [0.25, 0.3) is 0 Å². The number of fused-ring (bicyclic) bond motifs is 1. The fraction of sp³-hybridized carbons (Fsp3) is 0.455. The topological polar surface area (TPSA) is 90.3 Å². The first-order valence-corrected chi connectivity index (χ1v) is 10.1. The third-order valence-electron chi connectivity index (χ3n) is 5.02. The Bertz CT molecular complexity index is 1010. The van der Waals surface area contributed by atoms with Gasteiger partial charge in [0.1, 0.15) is 17.8 Å². The molecule has 2 heterocycles. The first kappa shape index (κ1) is 20.8. The van der Waals surface area contributed by atoms with E-state index in [9.17, 15) is 14.4 Å². The lowest BCUT2D eigenvalue weighted by Gasteiger charge is -2.15. The van der Waals surface area contributed by atoms with Crippen molar-refractivity contribution in [3.05, 3.63) is 51.5 Å². The zero-order valence-electron chi connectivity index (χ0n) is 17.0. The summed E-state index contributed by atoms with van der Waals surface area (Å²) < 4.78 is 6.54. The third kappa shape index (κ3) is 5.10. The van der Waals surface area contributed by atoms with Crippen molar-refractivity contribution in [2.75, 3.05) is 13.2 Å². The zero-order chi connectivity index (χ0) is 20.8. The number of rotatable bonds is 7. The van der Waals surface area contributed by atoms with E-state index in [0.29, 0.717) is 17.6 Å². The van der Waals surface area contributed by atoms with Gasteiger partial charge in [-0.05, 0) is 58.1 Å². The average molecular weight is 397 g/mol. The van der Waals surface area contributed by atoms with Crippen LogP contribution in [0.15, 0.2) is 34.8 Å². The van der Waals surface area contributed by atoms with E-state index >= 15 is 0 Å². The molecule has 2 aromatic rings. The maximum Gasteiger partial charge on any atom is 0.343 e. The van der Waals surface area contributed by atoms with Gasteiger partial charge in [-0.3, -0.25) is 9.59 Å². The molecule has 7 heteroatoms. The van der Waals surface area contributed by atoms with Crippen molar-refractivity contribution in [1.82, 2.24) is 14.9 Å². The Morgan fingerprint density at radius 2 is 2.10 bits per heavy atom. The number of hydrogen-bond acceptors (Lipinski definition) is 5. The average Bonchev–Trinajstić information content (AvgIpc) is 2.71. The molecule has 1 aliphatic carbocycles. The number of nitrogens with zero attached hydrogens (tertiary/aromatic N) is 2. The van der Waals surface area contributed by atoms with Crippen LogP contribution >= 0.6 is 0 Å². The van der Waals surface area contributed by atoms with Crippen LogP contribution in [-0.2, 0) is 16.1 Å². The fourth-order valence-electron chi connectivity index (χ4n) is 3.54. The van der Waals surface area contributed by atoms with Crippen LogP contribution in [0.5, 0.6) is 0 Å². The molecule has 2 aromatic heterocycles. The monoisotopic (exact) mass is 397 g/mol. The number of carbonyl (C=O) groups excluding carboxylic acids is 2. The van der Waals surface area contributed by atoms with Gasteiger partial charge in [0.2, 0.25) is 11.3 Å². The van der Waals surface area contributed by atoms with Crippen LogP contribution in [0.3, 0.4) is 0 Å². The molecule has 0 saturated carbocycles. The highest BCUT2D eigenvalue weighted by molar-refractivity contribution is 5.93. The molecule has 0 bridgehead atoms. The van der Waals surface area contributed by atoms with Gasteiger partial charge in [0.15, 0.2) is 0 Å². The van der Waals surface area contributed by atoms with Crippen molar-refractivity contribution < 1.29 is 14.3 Å². The van der Waals surface area contributed by atoms with Crippen molar-refractivity contribution in [2.24, 2.45) is 0 Å². The second-order valence-electron chi connectivity index (χ2n) is 7.25. The predicted molar refractivity (Wildman–Crippen MR) is 111 cm³/mol. The van der Waals surface area contributed by atoms with E-state index in [0.717, 1.165) is 25.0 Å². The minimum Gasteiger partial charge on any atom is -0.462 e. The number of aromatic nitrogens is 2. The summed E-state index contributed by atoms with van der Waals surface area (Å²) in [6.07, 6.45) is 9.17. The normalized spacial score (nSPS) is 13.8. The number of hydrogen-bond donors (Lipinski definition) is 1. The molecule has 0 aliphatic heterocycles. The molecule has 1 aliphatic rings. The maximum atomic E-state index is 12.7. The van der Waals surface area contributed by atoms with Crippen molar-refractivity contribution >= 4 is 22.9 Å². The molecule has 154 valence electrons. The SMILES string of the molecule is CCOC(=O)c1cn(CC(=O)NCCC2=CCCCC2)c2nc(C)ccc2c1=O. The number of aryl methyl sites for hydroxylation is 1. The second-order valence-corrected chi connectivity index (χ2v) is 7.25. The Balaban J connectivity index is 1.81. The summed E-state index contributed by atoms with van der Waals surface area (Å²) >= 11 is 0. The Morgan fingerprint density at radius 1 is 1.28 bits per heavy atom. The predicted octanol–water partition coefficient (Wildman–Crippen LogP) is 2.89. The highest BCUT2D eigenvalue weighted by atomic mass is 16.5. The van der Waals surface area contributed by atoms with Crippen molar-refractivity contribution in [3.63, 3.8) is 0 Å². The summed E-state index contributed by atoms with van der Waals surface area (Å²) in [5, 5.41) is 3.22. The number of ether oxygens (including phenoxy) is 1. The molecule has 0 atom stereocenters. The van der Waals surface area contributed by atoms with Gasteiger partial charge in [0, 0.05) is 18.4 Å². The van der Waals surface area contributed by atoms with E-state index in [1.165, 1.54) is 24.6 Å². The van der Waals surface area contributed by atoms with E-state index in [4.69, 9.17) is 4.74 Å². The van der Waals surface area contributed by atoms with Gasteiger partial charge in [-0.2, -0.15) is 0 Å². The summed E-state index contributed by atoms with van der Waals surface area (Å²) in [7, 11) is 0. The fourth-order valence-corrected chi connectivity index (χ4v) is 3.54. The largest absolute Gasteiger partial charge is 0.462 e. The number of carbonyl (C=O) groups is 2. The van der Waals surface area contributed by atoms with Gasteiger partial charge in [-0.15, -0.1) is 0 Å². The zero-order valence-corrected chi connectivity index (χ0v) is 17.0. The van der Waals surface area contributed by atoms with Crippen LogP contribution in [-0.4, -0.2) is 34.6 Å². The highest BCUT2D eigenvalue weighted by Gasteiger charge is 2.18. The van der Waals surface area contributed by atoms with Gasteiger partial charge in [0.05, 0.1) is 12.0 Å². The van der Waals surface area contributed by atoms with E-state index < -0.39 is 11.4 Å². The lowest BCUT2D eigenvalue weighted by atomic mass is 9.97. The standard InChI is InChI=1S/C22H27N3O4/c1-3-29-22(28)18-13-25(21-17(20(18)27)10-9-15(2)24-21)14-19(26)23-12-11-16-7-5-4-6-8-16/h7,9-10,13H,3-6,8,11-12,14H2,1-2H3,(H,23,26).